The molecule has 0 fully saturated rings. The lowest BCUT2D eigenvalue weighted by Crippen LogP contribution is -2.23. The fraction of sp³-hybridized carbons (Fsp3) is 0.130. The summed E-state index contributed by atoms with van der Waals surface area (Å²) in [5.74, 6) is 0.739. The number of H-pyrrole nitrogens is 1. The lowest BCUT2D eigenvalue weighted by Gasteiger charge is -2.14. The monoisotopic (exact) mass is 445 g/mol. The van der Waals surface area contributed by atoms with Gasteiger partial charge in [-0.25, -0.2) is 4.98 Å². The molecule has 0 radical (unpaired) electrons. The highest BCUT2D eigenvalue weighted by molar-refractivity contribution is 7.99. The van der Waals surface area contributed by atoms with E-state index in [9.17, 15) is 9.59 Å². The number of fused-ring (bicyclic) bond motifs is 3. The second-order valence-corrected chi connectivity index (χ2v) is 8.32. The van der Waals surface area contributed by atoms with Gasteiger partial charge in [-0.2, -0.15) is 0 Å². The number of aromatic amines is 1. The minimum atomic E-state index is -0.270. The number of anilines is 1. The number of rotatable bonds is 5. The fourth-order valence-corrected chi connectivity index (χ4v) is 4.40. The molecular weight excluding hydrogens is 426 g/mol. The van der Waals surface area contributed by atoms with E-state index in [0.29, 0.717) is 27.8 Å². The molecule has 5 rings (SSSR count). The number of hydrogen-bond donors (Lipinski definition) is 2. The molecule has 0 aliphatic carbocycles. The number of aryl methyl sites for hydroxylation is 2. The maximum Gasteiger partial charge on any atom is 0.283 e. The maximum absolute atomic E-state index is 13.6. The number of aromatic nitrogens is 4. The van der Waals surface area contributed by atoms with Gasteiger partial charge in [-0.05, 0) is 31.5 Å². The minimum Gasteiger partial charge on any atom is -0.360 e. The third kappa shape index (κ3) is 3.56. The first-order valence-electron chi connectivity index (χ1n) is 9.96. The molecule has 0 saturated carbocycles. The van der Waals surface area contributed by atoms with Crippen LogP contribution in [0.2, 0.25) is 0 Å². The smallest absolute Gasteiger partial charge is 0.283 e. The molecular formula is C23H19N5O3S. The molecule has 9 heteroatoms. The summed E-state index contributed by atoms with van der Waals surface area (Å²) in [7, 11) is 0. The van der Waals surface area contributed by atoms with E-state index in [2.05, 4.69) is 15.5 Å². The van der Waals surface area contributed by atoms with Gasteiger partial charge in [0.1, 0.15) is 16.8 Å². The molecule has 0 aliphatic rings. The van der Waals surface area contributed by atoms with Crippen LogP contribution in [-0.4, -0.2) is 31.4 Å². The standard InChI is InChI=1S/C23H19N5O3S/c1-13-7-3-6-10-17(13)28-22(30)21-20(15-8-4-5-9-16(15)24-21)26-23(28)32-12-19(29)25-18-11-14(2)31-27-18/h3-11,24H,12H2,1-2H3,(H,25,27,29). The molecule has 5 aromatic rings. The van der Waals surface area contributed by atoms with Crippen molar-refractivity contribution in [2.75, 3.05) is 11.1 Å². The van der Waals surface area contributed by atoms with Crippen molar-refractivity contribution in [2.24, 2.45) is 0 Å². The van der Waals surface area contributed by atoms with E-state index in [0.717, 1.165) is 22.2 Å². The van der Waals surface area contributed by atoms with E-state index < -0.39 is 0 Å². The summed E-state index contributed by atoms with van der Waals surface area (Å²) in [6, 6.07) is 16.9. The summed E-state index contributed by atoms with van der Waals surface area (Å²) in [4.78, 5) is 34.1. The van der Waals surface area contributed by atoms with E-state index in [1.54, 1.807) is 17.6 Å². The molecule has 32 heavy (non-hydrogen) atoms. The molecule has 0 bridgehead atoms. The molecule has 8 nitrogen and oxygen atoms in total. The summed E-state index contributed by atoms with van der Waals surface area (Å²) in [5.41, 5.74) is 3.30. The number of nitrogens with one attached hydrogen (secondary N) is 2. The molecule has 0 saturated heterocycles. The SMILES string of the molecule is Cc1cc(NC(=O)CSc2nc3c([nH]c4ccccc43)c(=O)n2-c2ccccc2C)no1. The van der Waals surface area contributed by atoms with Crippen LogP contribution in [0.25, 0.3) is 27.6 Å². The topological polar surface area (TPSA) is 106 Å². The zero-order valence-electron chi connectivity index (χ0n) is 17.4. The average molecular weight is 446 g/mol. The van der Waals surface area contributed by atoms with Gasteiger partial charge >= 0.3 is 0 Å². The van der Waals surface area contributed by atoms with Crippen molar-refractivity contribution in [3.05, 3.63) is 76.3 Å². The second-order valence-electron chi connectivity index (χ2n) is 7.38. The molecule has 3 heterocycles. The van der Waals surface area contributed by atoms with E-state index >= 15 is 0 Å². The molecule has 0 aliphatic heterocycles. The summed E-state index contributed by atoms with van der Waals surface area (Å²) >= 11 is 1.19. The third-order valence-corrected chi connectivity index (χ3v) is 6.02. The maximum atomic E-state index is 13.6. The molecule has 0 spiro atoms. The van der Waals surface area contributed by atoms with Gasteiger partial charge in [0.05, 0.1) is 11.4 Å². The third-order valence-electron chi connectivity index (χ3n) is 5.08. The van der Waals surface area contributed by atoms with E-state index in [1.165, 1.54) is 11.8 Å². The predicted molar refractivity (Wildman–Crippen MR) is 125 cm³/mol. The lowest BCUT2D eigenvalue weighted by atomic mass is 10.2. The Labute approximate surface area is 186 Å². The zero-order chi connectivity index (χ0) is 22.2. The van der Waals surface area contributed by atoms with Gasteiger partial charge in [0.2, 0.25) is 5.91 Å². The number of amides is 1. The number of para-hydroxylation sites is 2. The number of thioether (sulfide) groups is 1. The van der Waals surface area contributed by atoms with E-state index in [-0.39, 0.29) is 17.2 Å². The van der Waals surface area contributed by atoms with E-state index in [1.807, 2.05) is 55.5 Å². The largest absolute Gasteiger partial charge is 0.360 e. The van der Waals surface area contributed by atoms with Crippen LogP contribution < -0.4 is 10.9 Å². The van der Waals surface area contributed by atoms with Crippen molar-refractivity contribution in [2.45, 2.75) is 19.0 Å². The highest BCUT2D eigenvalue weighted by Gasteiger charge is 2.19. The van der Waals surface area contributed by atoms with Gasteiger partial charge in [-0.3, -0.25) is 14.2 Å². The van der Waals surface area contributed by atoms with Crippen LogP contribution >= 0.6 is 11.8 Å². The lowest BCUT2D eigenvalue weighted by molar-refractivity contribution is -0.113. The highest BCUT2D eigenvalue weighted by Crippen LogP contribution is 2.27. The summed E-state index contributed by atoms with van der Waals surface area (Å²) in [5, 5.41) is 7.77. The van der Waals surface area contributed by atoms with Crippen LogP contribution in [0.1, 0.15) is 11.3 Å². The van der Waals surface area contributed by atoms with Crippen LogP contribution in [0, 0.1) is 13.8 Å². The van der Waals surface area contributed by atoms with Crippen molar-refractivity contribution < 1.29 is 9.32 Å². The first-order chi connectivity index (χ1) is 15.5. The fourth-order valence-electron chi connectivity index (χ4n) is 3.60. The van der Waals surface area contributed by atoms with Crippen molar-refractivity contribution in [1.82, 2.24) is 19.7 Å². The predicted octanol–water partition coefficient (Wildman–Crippen LogP) is 4.20. The zero-order valence-corrected chi connectivity index (χ0v) is 18.2. The minimum absolute atomic E-state index is 0.0537. The molecule has 2 N–H and O–H groups in total. The van der Waals surface area contributed by atoms with Crippen molar-refractivity contribution >= 4 is 45.4 Å². The van der Waals surface area contributed by atoms with Crippen LogP contribution in [0.4, 0.5) is 5.82 Å². The van der Waals surface area contributed by atoms with Gasteiger partial charge in [-0.15, -0.1) is 0 Å². The summed E-state index contributed by atoms with van der Waals surface area (Å²) in [6.07, 6.45) is 0. The molecule has 3 aromatic heterocycles. The van der Waals surface area contributed by atoms with Gasteiger partial charge in [-0.1, -0.05) is 53.3 Å². The molecule has 1 amide bonds. The number of carbonyl (C=O) groups excluding carboxylic acids is 1. The van der Waals surface area contributed by atoms with Crippen molar-refractivity contribution in [3.63, 3.8) is 0 Å². The Kier molecular flexibility index (Phi) is 5.02. The second kappa shape index (κ2) is 8.01. The summed E-state index contributed by atoms with van der Waals surface area (Å²) < 4.78 is 6.54. The number of hydrogen-bond acceptors (Lipinski definition) is 6. The first kappa shape index (κ1) is 20.1. The van der Waals surface area contributed by atoms with Gasteiger partial charge in [0.25, 0.3) is 5.56 Å². The van der Waals surface area contributed by atoms with Crippen LogP contribution in [0.5, 0.6) is 0 Å². The average Bonchev–Trinajstić information content (AvgIpc) is 3.36. The van der Waals surface area contributed by atoms with Crippen LogP contribution in [-0.2, 0) is 4.79 Å². The number of benzene rings is 2. The Hall–Kier alpha value is -3.85. The molecule has 2 aromatic carbocycles. The van der Waals surface area contributed by atoms with E-state index in [4.69, 9.17) is 9.51 Å². The van der Waals surface area contributed by atoms with Crippen LogP contribution in [0.3, 0.4) is 0 Å². The normalized spacial score (nSPS) is 11.3. The first-order valence-corrected chi connectivity index (χ1v) is 11.0. The Morgan fingerprint density at radius 3 is 2.72 bits per heavy atom. The van der Waals surface area contributed by atoms with Gasteiger partial charge in [0.15, 0.2) is 11.0 Å². The molecule has 0 atom stereocenters. The Balaban J connectivity index is 1.60. The summed E-state index contributed by atoms with van der Waals surface area (Å²) in [6.45, 7) is 3.68. The molecule has 160 valence electrons. The molecule has 0 unspecified atom stereocenters. The van der Waals surface area contributed by atoms with Gasteiger partial charge < -0.3 is 14.8 Å². The highest BCUT2D eigenvalue weighted by atomic mass is 32.2. The Morgan fingerprint density at radius 2 is 1.94 bits per heavy atom. The number of carbonyl (C=O) groups is 1. The number of nitrogens with zero attached hydrogens (tertiary/aromatic N) is 3. The van der Waals surface area contributed by atoms with Crippen LogP contribution in [0.15, 0.2) is 69.1 Å². The Morgan fingerprint density at radius 1 is 1.16 bits per heavy atom. The Bertz CT molecular complexity index is 1530. The van der Waals surface area contributed by atoms with Gasteiger partial charge in [0, 0.05) is 17.0 Å². The quantitative estimate of drug-likeness (QED) is 0.310. The van der Waals surface area contributed by atoms with Crippen molar-refractivity contribution in [1.29, 1.82) is 0 Å². The van der Waals surface area contributed by atoms with Crippen molar-refractivity contribution in [3.8, 4) is 5.69 Å².